The molecule has 0 aromatic heterocycles. The number of nitrogens with zero attached hydrogens (tertiary/aromatic N) is 2. The van der Waals surface area contributed by atoms with E-state index in [4.69, 9.17) is 9.47 Å². The van der Waals surface area contributed by atoms with Crippen LogP contribution in [-0.4, -0.2) is 80.0 Å². The van der Waals surface area contributed by atoms with Crippen molar-refractivity contribution < 1.29 is 14.3 Å². The number of piperidine rings is 1. The van der Waals surface area contributed by atoms with E-state index in [2.05, 4.69) is 17.3 Å². The fourth-order valence-electron chi connectivity index (χ4n) is 2.90. The highest BCUT2D eigenvalue weighted by Gasteiger charge is 2.31. The summed E-state index contributed by atoms with van der Waals surface area (Å²) in [5.74, 6) is 0. The zero-order valence-electron chi connectivity index (χ0n) is 14.4. The Morgan fingerprint density at radius 2 is 1.95 bits per heavy atom. The topological polar surface area (TPSA) is 54.0 Å². The molecule has 2 rings (SSSR count). The fraction of sp³-hybridized carbons (Fsp3) is 0.938. The second kappa shape index (κ2) is 7.62. The summed E-state index contributed by atoms with van der Waals surface area (Å²) in [5, 5.41) is 3.60. The number of nitrogens with one attached hydrogen (secondary N) is 1. The molecule has 128 valence electrons. The predicted octanol–water partition coefficient (Wildman–Crippen LogP) is 1.31. The van der Waals surface area contributed by atoms with Crippen LogP contribution in [0.1, 0.15) is 33.6 Å². The molecule has 0 saturated carbocycles. The predicted molar refractivity (Wildman–Crippen MR) is 86.1 cm³/mol. The molecule has 0 aromatic carbocycles. The Hall–Kier alpha value is -0.850. The zero-order chi connectivity index (χ0) is 16.2. The molecule has 6 nitrogen and oxygen atoms in total. The number of amides is 1. The number of morpholine rings is 1. The fourth-order valence-corrected chi connectivity index (χ4v) is 2.90. The summed E-state index contributed by atoms with van der Waals surface area (Å²) in [5.41, 5.74) is -0.457. The largest absolute Gasteiger partial charge is 0.444 e. The molecule has 1 unspecified atom stereocenters. The van der Waals surface area contributed by atoms with Gasteiger partial charge in [0.25, 0.3) is 0 Å². The van der Waals surface area contributed by atoms with Crippen LogP contribution in [0.2, 0.25) is 0 Å². The molecule has 2 aliphatic heterocycles. The molecule has 2 aliphatic rings. The van der Waals surface area contributed by atoms with Gasteiger partial charge >= 0.3 is 6.09 Å². The molecule has 2 heterocycles. The summed E-state index contributed by atoms with van der Waals surface area (Å²) < 4.78 is 11.1. The van der Waals surface area contributed by atoms with Gasteiger partial charge in [0.2, 0.25) is 0 Å². The molecule has 0 aliphatic carbocycles. The van der Waals surface area contributed by atoms with E-state index in [-0.39, 0.29) is 12.1 Å². The van der Waals surface area contributed by atoms with Gasteiger partial charge in [0.1, 0.15) is 5.60 Å². The minimum absolute atomic E-state index is 0.0586. The van der Waals surface area contributed by atoms with Crippen molar-refractivity contribution >= 4 is 6.09 Å². The number of hydrogen-bond acceptors (Lipinski definition) is 5. The van der Waals surface area contributed by atoms with E-state index in [1.807, 2.05) is 25.7 Å². The Morgan fingerprint density at radius 3 is 2.59 bits per heavy atom. The highest BCUT2D eigenvalue weighted by Crippen LogP contribution is 2.15. The molecular formula is C16H31N3O3. The Bertz CT molecular complexity index is 362. The lowest BCUT2D eigenvalue weighted by Gasteiger charge is -2.38. The van der Waals surface area contributed by atoms with Crippen molar-refractivity contribution in [3.05, 3.63) is 0 Å². The smallest absolute Gasteiger partial charge is 0.410 e. The molecule has 0 aromatic rings. The first-order valence-electron chi connectivity index (χ1n) is 8.34. The van der Waals surface area contributed by atoms with E-state index in [1.54, 1.807) is 0 Å². The SMILES string of the molecule is CN1CCC(NCC2COCCN2C(=O)OC(C)(C)C)CC1. The number of rotatable bonds is 3. The summed E-state index contributed by atoms with van der Waals surface area (Å²) >= 11 is 0. The number of likely N-dealkylation sites (tertiary alicyclic amines) is 1. The second-order valence-electron chi connectivity index (χ2n) is 7.39. The zero-order valence-corrected chi connectivity index (χ0v) is 14.4. The van der Waals surface area contributed by atoms with E-state index >= 15 is 0 Å². The third kappa shape index (κ3) is 5.41. The van der Waals surface area contributed by atoms with Crippen molar-refractivity contribution in [1.29, 1.82) is 0 Å². The van der Waals surface area contributed by atoms with Crippen LogP contribution in [-0.2, 0) is 9.47 Å². The van der Waals surface area contributed by atoms with Crippen LogP contribution in [0.5, 0.6) is 0 Å². The molecule has 0 radical (unpaired) electrons. The van der Waals surface area contributed by atoms with Crippen LogP contribution >= 0.6 is 0 Å². The van der Waals surface area contributed by atoms with E-state index < -0.39 is 5.60 Å². The van der Waals surface area contributed by atoms with E-state index in [0.29, 0.717) is 25.8 Å². The molecule has 2 saturated heterocycles. The van der Waals surface area contributed by atoms with Crippen LogP contribution in [0.4, 0.5) is 4.79 Å². The lowest BCUT2D eigenvalue weighted by atomic mass is 10.1. The van der Waals surface area contributed by atoms with Crippen LogP contribution < -0.4 is 5.32 Å². The number of carbonyl (C=O) groups is 1. The van der Waals surface area contributed by atoms with E-state index in [1.165, 1.54) is 0 Å². The van der Waals surface area contributed by atoms with Crippen molar-refractivity contribution in [2.75, 3.05) is 46.4 Å². The molecule has 22 heavy (non-hydrogen) atoms. The second-order valence-corrected chi connectivity index (χ2v) is 7.39. The maximum atomic E-state index is 12.3. The lowest BCUT2D eigenvalue weighted by Crippen LogP contribution is -2.55. The van der Waals surface area contributed by atoms with Gasteiger partial charge in [0.15, 0.2) is 0 Å². The molecule has 2 fully saturated rings. The van der Waals surface area contributed by atoms with Gasteiger partial charge in [-0.1, -0.05) is 0 Å². The van der Waals surface area contributed by atoms with Crippen LogP contribution in [0.25, 0.3) is 0 Å². The average Bonchev–Trinajstić information content (AvgIpc) is 2.45. The highest BCUT2D eigenvalue weighted by atomic mass is 16.6. The van der Waals surface area contributed by atoms with Crippen molar-refractivity contribution in [3.63, 3.8) is 0 Å². The summed E-state index contributed by atoms with van der Waals surface area (Å²) in [6.45, 7) is 10.5. The van der Waals surface area contributed by atoms with Gasteiger partial charge < -0.3 is 19.7 Å². The summed E-state index contributed by atoms with van der Waals surface area (Å²) in [4.78, 5) is 16.5. The van der Waals surface area contributed by atoms with Gasteiger partial charge in [0, 0.05) is 19.1 Å². The first-order chi connectivity index (χ1) is 10.3. The molecule has 6 heteroatoms. The Labute approximate surface area is 134 Å². The number of ether oxygens (including phenoxy) is 2. The van der Waals surface area contributed by atoms with Crippen molar-refractivity contribution in [3.8, 4) is 0 Å². The molecule has 1 N–H and O–H groups in total. The lowest BCUT2D eigenvalue weighted by molar-refractivity contribution is -0.0325. The Balaban J connectivity index is 1.83. The van der Waals surface area contributed by atoms with E-state index in [9.17, 15) is 4.79 Å². The number of carbonyl (C=O) groups excluding carboxylic acids is 1. The summed E-state index contributed by atoms with van der Waals surface area (Å²) in [6, 6.07) is 0.599. The maximum Gasteiger partial charge on any atom is 0.410 e. The third-order valence-corrected chi connectivity index (χ3v) is 4.22. The molecule has 0 spiro atoms. The van der Waals surface area contributed by atoms with Gasteiger partial charge in [-0.05, 0) is 53.8 Å². The van der Waals surface area contributed by atoms with Gasteiger partial charge in [-0.25, -0.2) is 4.79 Å². The minimum atomic E-state index is -0.457. The van der Waals surface area contributed by atoms with Crippen molar-refractivity contribution in [1.82, 2.24) is 15.1 Å². The first kappa shape index (κ1) is 17.5. The molecule has 0 bridgehead atoms. The Kier molecular flexibility index (Phi) is 6.06. The Morgan fingerprint density at radius 1 is 1.27 bits per heavy atom. The highest BCUT2D eigenvalue weighted by molar-refractivity contribution is 5.68. The average molecular weight is 313 g/mol. The normalized spacial score (nSPS) is 25.3. The number of hydrogen-bond donors (Lipinski definition) is 1. The van der Waals surface area contributed by atoms with Crippen LogP contribution in [0, 0.1) is 0 Å². The maximum absolute atomic E-state index is 12.3. The standard InChI is InChI=1S/C16H31N3O3/c1-16(2,3)22-15(20)19-9-10-21-12-14(19)11-17-13-5-7-18(4)8-6-13/h13-14,17H,5-12H2,1-4H3. The van der Waals surface area contributed by atoms with Gasteiger partial charge in [-0.15, -0.1) is 0 Å². The van der Waals surface area contributed by atoms with Crippen LogP contribution in [0.3, 0.4) is 0 Å². The molecular weight excluding hydrogens is 282 g/mol. The summed E-state index contributed by atoms with van der Waals surface area (Å²) in [7, 11) is 2.16. The monoisotopic (exact) mass is 313 g/mol. The van der Waals surface area contributed by atoms with Crippen LogP contribution in [0.15, 0.2) is 0 Å². The quantitative estimate of drug-likeness (QED) is 0.851. The third-order valence-electron chi connectivity index (χ3n) is 4.22. The first-order valence-corrected chi connectivity index (χ1v) is 8.34. The van der Waals surface area contributed by atoms with E-state index in [0.717, 1.165) is 32.5 Å². The van der Waals surface area contributed by atoms with Crippen molar-refractivity contribution in [2.24, 2.45) is 0 Å². The minimum Gasteiger partial charge on any atom is -0.444 e. The van der Waals surface area contributed by atoms with Gasteiger partial charge in [0.05, 0.1) is 19.3 Å². The molecule has 1 amide bonds. The van der Waals surface area contributed by atoms with Gasteiger partial charge in [-0.2, -0.15) is 0 Å². The van der Waals surface area contributed by atoms with Gasteiger partial charge in [-0.3, -0.25) is 4.90 Å². The summed E-state index contributed by atoms with van der Waals surface area (Å²) in [6.07, 6.45) is 2.10. The van der Waals surface area contributed by atoms with Crippen molar-refractivity contribution in [2.45, 2.75) is 51.3 Å². The molecule has 1 atom stereocenters.